The molecule has 5 nitrogen and oxygen atoms in total. The first-order valence-electron chi connectivity index (χ1n) is 8.33. The van der Waals surface area contributed by atoms with Crippen molar-refractivity contribution in [3.63, 3.8) is 0 Å². The molecule has 2 aromatic rings. The third-order valence-corrected chi connectivity index (χ3v) is 4.14. The molecular weight excluding hydrogens is 318 g/mol. The van der Waals surface area contributed by atoms with Gasteiger partial charge in [-0.15, -0.1) is 0 Å². The number of para-hydroxylation sites is 2. The lowest BCUT2D eigenvalue weighted by Crippen LogP contribution is -2.47. The first kappa shape index (κ1) is 17.0. The van der Waals surface area contributed by atoms with Gasteiger partial charge in [0.15, 0.2) is 6.10 Å². The van der Waals surface area contributed by atoms with E-state index in [-0.39, 0.29) is 12.5 Å². The van der Waals surface area contributed by atoms with Crippen molar-refractivity contribution in [2.24, 2.45) is 0 Å². The molecular formula is C20H21NO4. The summed E-state index contributed by atoms with van der Waals surface area (Å²) in [5.41, 5.74) is 1.75. The maximum Gasteiger partial charge on any atom is 0.331 e. The zero-order valence-corrected chi connectivity index (χ0v) is 14.6. The van der Waals surface area contributed by atoms with Gasteiger partial charge in [0.1, 0.15) is 18.0 Å². The van der Waals surface area contributed by atoms with Crippen LogP contribution >= 0.6 is 0 Å². The van der Waals surface area contributed by atoms with E-state index < -0.39 is 12.1 Å². The van der Waals surface area contributed by atoms with Gasteiger partial charge in [-0.25, -0.2) is 4.79 Å². The Morgan fingerprint density at radius 3 is 2.52 bits per heavy atom. The molecule has 3 rings (SSSR count). The summed E-state index contributed by atoms with van der Waals surface area (Å²) in [4.78, 5) is 26.1. The number of hydrogen-bond donors (Lipinski definition) is 0. The highest BCUT2D eigenvalue weighted by molar-refractivity contribution is 6.03. The van der Waals surface area contributed by atoms with Gasteiger partial charge in [-0.05, 0) is 42.7 Å². The number of fused-ring (bicyclic) bond motifs is 1. The Bertz CT molecular complexity index is 783. The van der Waals surface area contributed by atoms with Crippen LogP contribution in [0, 0.1) is 0 Å². The molecule has 0 saturated carbocycles. The van der Waals surface area contributed by atoms with Crippen molar-refractivity contribution in [3.05, 3.63) is 54.1 Å². The van der Waals surface area contributed by atoms with Gasteiger partial charge in [0.05, 0.1) is 5.69 Å². The monoisotopic (exact) mass is 339 g/mol. The minimum atomic E-state index is -0.631. The van der Waals surface area contributed by atoms with Gasteiger partial charge in [0, 0.05) is 0 Å². The van der Waals surface area contributed by atoms with Crippen LogP contribution in [0.3, 0.4) is 0 Å². The molecule has 0 aromatic heterocycles. The van der Waals surface area contributed by atoms with Crippen molar-refractivity contribution >= 4 is 17.6 Å². The molecule has 0 spiro atoms. The van der Waals surface area contributed by atoms with E-state index in [2.05, 4.69) is 13.8 Å². The predicted octanol–water partition coefficient (Wildman–Crippen LogP) is 3.53. The zero-order chi connectivity index (χ0) is 18.0. The largest absolute Gasteiger partial charge is 0.479 e. The Labute approximate surface area is 147 Å². The molecule has 0 bridgehead atoms. The van der Waals surface area contributed by atoms with Gasteiger partial charge >= 0.3 is 5.97 Å². The van der Waals surface area contributed by atoms with Crippen LogP contribution in [-0.4, -0.2) is 24.5 Å². The van der Waals surface area contributed by atoms with Crippen LogP contribution in [0.4, 0.5) is 5.69 Å². The number of amides is 1. The van der Waals surface area contributed by atoms with E-state index in [0.29, 0.717) is 23.1 Å². The van der Waals surface area contributed by atoms with Crippen molar-refractivity contribution < 1.29 is 19.1 Å². The lowest BCUT2D eigenvalue weighted by Gasteiger charge is -2.32. The molecule has 1 amide bonds. The lowest BCUT2D eigenvalue weighted by atomic mass is 10.0. The average molecular weight is 339 g/mol. The van der Waals surface area contributed by atoms with Gasteiger partial charge < -0.3 is 9.47 Å². The molecule has 1 unspecified atom stereocenters. The Morgan fingerprint density at radius 1 is 1.16 bits per heavy atom. The second-order valence-electron chi connectivity index (χ2n) is 6.35. The van der Waals surface area contributed by atoms with Crippen molar-refractivity contribution in [2.45, 2.75) is 32.8 Å². The highest BCUT2D eigenvalue weighted by Crippen LogP contribution is 2.33. The molecule has 1 aliphatic heterocycles. The molecule has 5 heteroatoms. The minimum absolute atomic E-state index is 0.157. The summed E-state index contributed by atoms with van der Waals surface area (Å²) in [6, 6.07) is 14.6. The van der Waals surface area contributed by atoms with Crippen LogP contribution in [-0.2, 0) is 9.59 Å². The Hall–Kier alpha value is -2.82. The summed E-state index contributed by atoms with van der Waals surface area (Å²) in [6.45, 7) is 5.71. The van der Waals surface area contributed by atoms with Crippen LogP contribution in [0.25, 0.3) is 0 Å². The second kappa shape index (κ2) is 6.97. The highest BCUT2D eigenvalue weighted by atomic mass is 16.5. The molecule has 1 atom stereocenters. The lowest BCUT2D eigenvalue weighted by molar-refractivity contribution is -0.135. The minimum Gasteiger partial charge on any atom is -0.479 e. The van der Waals surface area contributed by atoms with E-state index in [1.54, 1.807) is 37.3 Å². The standard InChI is InChI=1S/C20H21NO4/c1-13(2)15-8-10-16(11-9-15)25-19(22)12-21-17-6-4-5-7-18(17)24-14(3)20(21)23/h4-11,13-14H,12H2,1-3H3. The predicted molar refractivity (Wildman–Crippen MR) is 95.1 cm³/mol. The normalized spacial score (nSPS) is 16.4. The van der Waals surface area contributed by atoms with Crippen LogP contribution in [0.15, 0.2) is 48.5 Å². The maximum atomic E-state index is 12.4. The molecule has 0 saturated heterocycles. The first-order chi connectivity index (χ1) is 12.0. The van der Waals surface area contributed by atoms with Crippen LogP contribution in [0.1, 0.15) is 32.3 Å². The van der Waals surface area contributed by atoms with Gasteiger partial charge in [-0.2, -0.15) is 0 Å². The fraction of sp³-hybridized carbons (Fsp3) is 0.300. The van der Waals surface area contributed by atoms with Crippen molar-refractivity contribution in [1.29, 1.82) is 0 Å². The molecule has 0 radical (unpaired) electrons. The number of anilines is 1. The zero-order valence-electron chi connectivity index (χ0n) is 14.6. The van der Waals surface area contributed by atoms with Crippen LogP contribution < -0.4 is 14.4 Å². The summed E-state index contributed by atoms with van der Waals surface area (Å²) in [7, 11) is 0. The summed E-state index contributed by atoms with van der Waals surface area (Å²) in [5, 5.41) is 0. The average Bonchev–Trinajstić information content (AvgIpc) is 2.59. The molecule has 0 aliphatic carbocycles. The fourth-order valence-corrected chi connectivity index (χ4v) is 2.74. The number of hydrogen-bond acceptors (Lipinski definition) is 4. The molecule has 1 aliphatic rings. The summed E-state index contributed by atoms with van der Waals surface area (Å²) in [5.74, 6) is 0.717. The Kier molecular flexibility index (Phi) is 4.74. The first-order valence-corrected chi connectivity index (χ1v) is 8.33. The summed E-state index contributed by atoms with van der Waals surface area (Å²) >= 11 is 0. The topological polar surface area (TPSA) is 55.8 Å². The number of carbonyl (C=O) groups excluding carboxylic acids is 2. The van der Waals surface area contributed by atoms with Crippen molar-refractivity contribution in [2.75, 3.05) is 11.4 Å². The molecule has 25 heavy (non-hydrogen) atoms. The summed E-state index contributed by atoms with van der Waals surface area (Å²) in [6.07, 6.45) is -0.631. The molecule has 1 heterocycles. The highest BCUT2D eigenvalue weighted by Gasteiger charge is 2.32. The van der Waals surface area contributed by atoms with E-state index in [9.17, 15) is 9.59 Å². The van der Waals surface area contributed by atoms with E-state index in [1.807, 2.05) is 18.2 Å². The number of rotatable bonds is 4. The maximum absolute atomic E-state index is 12.4. The Morgan fingerprint density at radius 2 is 1.84 bits per heavy atom. The number of nitrogens with zero attached hydrogens (tertiary/aromatic N) is 1. The van der Waals surface area contributed by atoms with Crippen molar-refractivity contribution in [1.82, 2.24) is 0 Å². The SMILES string of the molecule is CC1Oc2ccccc2N(CC(=O)Oc2ccc(C(C)C)cc2)C1=O. The molecule has 0 fully saturated rings. The van der Waals surface area contributed by atoms with Gasteiger partial charge in [0.25, 0.3) is 5.91 Å². The van der Waals surface area contributed by atoms with Crippen LogP contribution in [0.5, 0.6) is 11.5 Å². The third kappa shape index (κ3) is 3.65. The van der Waals surface area contributed by atoms with E-state index >= 15 is 0 Å². The van der Waals surface area contributed by atoms with E-state index in [1.165, 1.54) is 10.5 Å². The Balaban J connectivity index is 1.73. The number of ether oxygens (including phenoxy) is 2. The van der Waals surface area contributed by atoms with Gasteiger partial charge in [0.2, 0.25) is 0 Å². The third-order valence-electron chi connectivity index (χ3n) is 4.14. The van der Waals surface area contributed by atoms with E-state index in [4.69, 9.17) is 9.47 Å². The second-order valence-corrected chi connectivity index (χ2v) is 6.35. The van der Waals surface area contributed by atoms with Gasteiger partial charge in [-0.1, -0.05) is 38.1 Å². The molecule has 0 N–H and O–H groups in total. The van der Waals surface area contributed by atoms with Gasteiger partial charge in [-0.3, -0.25) is 9.69 Å². The summed E-state index contributed by atoms with van der Waals surface area (Å²) < 4.78 is 10.9. The van der Waals surface area contributed by atoms with Crippen molar-refractivity contribution in [3.8, 4) is 11.5 Å². The molecule has 130 valence electrons. The number of benzene rings is 2. The quantitative estimate of drug-likeness (QED) is 0.632. The number of esters is 1. The van der Waals surface area contributed by atoms with Crippen LogP contribution in [0.2, 0.25) is 0 Å². The number of carbonyl (C=O) groups is 2. The smallest absolute Gasteiger partial charge is 0.331 e. The van der Waals surface area contributed by atoms with E-state index in [0.717, 1.165) is 0 Å². The fourth-order valence-electron chi connectivity index (χ4n) is 2.74. The molecule has 2 aromatic carbocycles.